The first-order valence-corrected chi connectivity index (χ1v) is 7.95. The minimum absolute atomic E-state index is 0.525. The maximum atomic E-state index is 6.07. The molecule has 0 unspecified atom stereocenters. The minimum atomic E-state index is 0.525. The molecule has 3 nitrogen and oxygen atoms in total. The number of nitrogens with zero attached hydrogens (tertiary/aromatic N) is 2. The Morgan fingerprint density at radius 2 is 2.05 bits per heavy atom. The summed E-state index contributed by atoms with van der Waals surface area (Å²) < 4.78 is 3.07. The minimum Gasteiger partial charge on any atom is -0.326 e. The molecule has 0 aliphatic heterocycles. The average molecular weight is 365 g/mol. The Labute approximate surface area is 136 Å². The number of halogens is 2. The highest BCUT2D eigenvalue weighted by molar-refractivity contribution is 9.10. The molecule has 0 bridgehead atoms. The van der Waals surface area contributed by atoms with Gasteiger partial charge in [-0.2, -0.15) is 0 Å². The van der Waals surface area contributed by atoms with Gasteiger partial charge in [0.1, 0.15) is 5.82 Å². The molecule has 108 valence electrons. The van der Waals surface area contributed by atoms with Crippen LogP contribution in [-0.2, 0) is 13.1 Å². The zero-order chi connectivity index (χ0) is 15.0. The van der Waals surface area contributed by atoms with Crippen molar-refractivity contribution in [1.82, 2.24) is 9.55 Å². The standard InChI is InChI=1S/C16H15BrClN3/c1-2-21-15-6-3-10(9-19)7-14(15)20-16(21)11-4-5-13(18)12(17)8-11/h3-8H,2,9,19H2,1H3. The Morgan fingerprint density at radius 3 is 2.71 bits per heavy atom. The summed E-state index contributed by atoms with van der Waals surface area (Å²) in [5.74, 6) is 0.944. The van der Waals surface area contributed by atoms with Gasteiger partial charge in [0.15, 0.2) is 0 Å². The average Bonchev–Trinajstić information content (AvgIpc) is 2.87. The number of fused-ring (bicyclic) bond motifs is 1. The Kier molecular flexibility index (Phi) is 4.02. The second kappa shape index (κ2) is 5.79. The van der Waals surface area contributed by atoms with E-state index >= 15 is 0 Å². The second-order valence-corrected chi connectivity index (χ2v) is 6.10. The van der Waals surface area contributed by atoms with Crippen molar-refractivity contribution in [1.29, 1.82) is 0 Å². The molecule has 0 aliphatic rings. The van der Waals surface area contributed by atoms with Crippen molar-refractivity contribution in [3.05, 3.63) is 51.5 Å². The lowest BCUT2D eigenvalue weighted by molar-refractivity contribution is 0.796. The smallest absolute Gasteiger partial charge is 0.141 e. The molecule has 1 aromatic heterocycles. The van der Waals surface area contributed by atoms with Crippen molar-refractivity contribution >= 4 is 38.6 Å². The van der Waals surface area contributed by atoms with E-state index in [1.54, 1.807) is 0 Å². The molecule has 0 saturated carbocycles. The van der Waals surface area contributed by atoms with Crippen LogP contribution >= 0.6 is 27.5 Å². The predicted molar refractivity (Wildman–Crippen MR) is 91.4 cm³/mol. The molecule has 3 aromatic rings. The van der Waals surface area contributed by atoms with Crippen molar-refractivity contribution in [2.75, 3.05) is 0 Å². The van der Waals surface area contributed by atoms with Crippen LogP contribution in [0, 0.1) is 0 Å². The molecular weight excluding hydrogens is 350 g/mol. The number of nitrogens with two attached hydrogens (primary N) is 1. The van der Waals surface area contributed by atoms with Gasteiger partial charge >= 0.3 is 0 Å². The molecule has 0 aliphatic carbocycles. The molecule has 1 heterocycles. The fourth-order valence-electron chi connectivity index (χ4n) is 2.48. The van der Waals surface area contributed by atoms with Gasteiger partial charge in [-0.25, -0.2) is 4.98 Å². The van der Waals surface area contributed by atoms with E-state index in [-0.39, 0.29) is 0 Å². The summed E-state index contributed by atoms with van der Waals surface area (Å²) in [5, 5.41) is 0.698. The normalized spacial score (nSPS) is 11.2. The fraction of sp³-hybridized carbons (Fsp3) is 0.188. The number of hydrogen-bond donors (Lipinski definition) is 1. The topological polar surface area (TPSA) is 43.8 Å². The van der Waals surface area contributed by atoms with Crippen LogP contribution in [0.15, 0.2) is 40.9 Å². The molecule has 0 radical (unpaired) electrons. The number of aromatic nitrogens is 2. The zero-order valence-corrected chi connectivity index (χ0v) is 13.9. The fourth-order valence-corrected chi connectivity index (χ4v) is 2.97. The van der Waals surface area contributed by atoms with Gasteiger partial charge in [-0.05, 0) is 58.7 Å². The maximum absolute atomic E-state index is 6.07. The molecule has 0 saturated heterocycles. The summed E-state index contributed by atoms with van der Waals surface area (Å²) in [7, 11) is 0. The van der Waals surface area contributed by atoms with E-state index in [0.29, 0.717) is 11.6 Å². The van der Waals surface area contributed by atoms with Crippen LogP contribution in [0.2, 0.25) is 5.02 Å². The Balaban J connectivity index is 2.23. The third-order valence-electron chi connectivity index (χ3n) is 3.54. The Hall–Kier alpha value is -1.36. The van der Waals surface area contributed by atoms with Crippen LogP contribution < -0.4 is 5.73 Å². The Bertz CT molecular complexity index is 811. The highest BCUT2D eigenvalue weighted by atomic mass is 79.9. The van der Waals surface area contributed by atoms with E-state index in [1.807, 2.05) is 18.2 Å². The summed E-state index contributed by atoms with van der Waals surface area (Å²) in [6, 6.07) is 12.1. The van der Waals surface area contributed by atoms with E-state index in [4.69, 9.17) is 22.3 Å². The number of rotatable bonds is 3. The van der Waals surface area contributed by atoms with Gasteiger partial charge in [-0.1, -0.05) is 17.7 Å². The van der Waals surface area contributed by atoms with Crippen molar-refractivity contribution in [2.45, 2.75) is 20.0 Å². The molecule has 0 spiro atoms. The molecule has 5 heteroatoms. The van der Waals surface area contributed by atoms with Crippen LogP contribution in [0.4, 0.5) is 0 Å². The summed E-state index contributed by atoms with van der Waals surface area (Å²) in [4.78, 5) is 4.78. The number of benzene rings is 2. The van der Waals surface area contributed by atoms with Crippen LogP contribution in [-0.4, -0.2) is 9.55 Å². The van der Waals surface area contributed by atoms with Crippen molar-refractivity contribution in [3.63, 3.8) is 0 Å². The SMILES string of the molecule is CCn1c(-c2ccc(Cl)c(Br)c2)nc2cc(CN)ccc21. The molecule has 3 rings (SSSR count). The molecule has 0 atom stereocenters. The molecule has 2 N–H and O–H groups in total. The Morgan fingerprint density at radius 1 is 1.24 bits per heavy atom. The summed E-state index contributed by atoms with van der Waals surface area (Å²) >= 11 is 9.54. The van der Waals surface area contributed by atoms with E-state index in [1.165, 1.54) is 0 Å². The van der Waals surface area contributed by atoms with Gasteiger partial charge in [0.2, 0.25) is 0 Å². The van der Waals surface area contributed by atoms with Gasteiger partial charge in [-0.3, -0.25) is 0 Å². The third kappa shape index (κ3) is 2.59. The number of imidazole rings is 1. The molecule has 21 heavy (non-hydrogen) atoms. The third-order valence-corrected chi connectivity index (χ3v) is 4.76. The van der Waals surface area contributed by atoms with Gasteiger partial charge in [-0.15, -0.1) is 0 Å². The van der Waals surface area contributed by atoms with Gasteiger partial charge < -0.3 is 10.3 Å². The largest absolute Gasteiger partial charge is 0.326 e. The lowest BCUT2D eigenvalue weighted by Gasteiger charge is -2.07. The predicted octanol–water partition coefficient (Wildman–Crippen LogP) is 4.60. The molecular formula is C16H15BrClN3. The van der Waals surface area contributed by atoms with Crippen LogP contribution in [0.3, 0.4) is 0 Å². The summed E-state index contributed by atoms with van der Waals surface area (Å²) in [6.45, 7) is 3.50. The van der Waals surface area contributed by atoms with Crippen molar-refractivity contribution in [3.8, 4) is 11.4 Å². The van der Waals surface area contributed by atoms with E-state index in [2.05, 4.69) is 45.6 Å². The maximum Gasteiger partial charge on any atom is 0.141 e. The lowest BCUT2D eigenvalue weighted by atomic mass is 10.2. The number of aryl methyl sites for hydroxylation is 1. The molecule has 0 amide bonds. The van der Waals surface area contributed by atoms with Gasteiger partial charge in [0.05, 0.1) is 16.1 Å². The summed E-state index contributed by atoms with van der Waals surface area (Å²) in [5.41, 5.74) is 9.93. The monoisotopic (exact) mass is 363 g/mol. The molecule has 2 aromatic carbocycles. The van der Waals surface area contributed by atoms with E-state index < -0.39 is 0 Å². The quantitative estimate of drug-likeness (QED) is 0.738. The number of hydrogen-bond acceptors (Lipinski definition) is 2. The highest BCUT2D eigenvalue weighted by Crippen LogP contribution is 2.30. The first kappa shape index (κ1) is 14.6. The second-order valence-electron chi connectivity index (χ2n) is 4.84. The van der Waals surface area contributed by atoms with Crippen molar-refractivity contribution < 1.29 is 0 Å². The van der Waals surface area contributed by atoms with Gasteiger partial charge in [0.25, 0.3) is 0 Å². The lowest BCUT2D eigenvalue weighted by Crippen LogP contribution is -1.98. The first-order chi connectivity index (χ1) is 10.1. The van der Waals surface area contributed by atoms with Crippen LogP contribution in [0.1, 0.15) is 12.5 Å². The van der Waals surface area contributed by atoms with Crippen molar-refractivity contribution in [2.24, 2.45) is 5.73 Å². The van der Waals surface area contributed by atoms with Gasteiger partial charge in [0, 0.05) is 23.1 Å². The molecule has 0 fully saturated rings. The first-order valence-electron chi connectivity index (χ1n) is 6.78. The van der Waals surface area contributed by atoms with Crippen LogP contribution in [0.25, 0.3) is 22.4 Å². The highest BCUT2D eigenvalue weighted by Gasteiger charge is 2.12. The van der Waals surface area contributed by atoms with Crippen LogP contribution in [0.5, 0.6) is 0 Å². The van der Waals surface area contributed by atoms with E-state index in [0.717, 1.165) is 39.0 Å². The summed E-state index contributed by atoms with van der Waals surface area (Å²) in [6.07, 6.45) is 0. The van der Waals surface area contributed by atoms with E-state index in [9.17, 15) is 0 Å². The zero-order valence-electron chi connectivity index (χ0n) is 11.6.